The van der Waals surface area contributed by atoms with Gasteiger partial charge in [-0.3, -0.25) is 9.52 Å². The van der Waals surface area contributed by atoms with Crippen LogP contribution < -0.4 is 14.2 Å². The molecule has 23 heavy (non-hydrogen) atoms. The molecule has 0 saturated heterocycles. The smallest absolute Gasteiger partial charge is 0.262 e. The molecule has 0 bridgehead atoms. The Kier molecular flexibility index (Phi) is 5.12. The first kappa shape index (κ1) is 17.1. The summed E-state index contributed by atoms with van der Waals surface area (Å²) in [4.78, 5) is 10.6. The Morgan fingerprint density at radius 1 is 1.04 bits per heavy atom. The number of hydrogen-bond donors (Lipinski definition) is 1. The molecule has 0 saturated carbocycles. The first-order valence-electron chi connectivity index (χ1n) is 6.41. The fourth-order valence-corrected chi connectivity index (χ4v) is 3.16. The number of carbonyl (C=O) groups is 1. The molecule has 6 nitrogen and oxygen atoms in total. The van der Waals surface area contributed by atoms with Gasteiger partial charge in [-0.05, 0) is 12.1 Å². The van der Waals surface area contributed by atoms with Crippen molar-refractivity contribution in [3.63, 3.8) is 0 Å². The number of hydrogen-bond acceptors (Lipinski definition) is 5. The summed E-state index contributed by atoms with van der Waals surface area (Å²) in [6.45, 7) is 0. The molecule has 2 rings (SSSR count). The van der Waals surface area contributed by atoms with Crippen LogP contribution in [0.25, 0.3) is 0 Å². The lowest BCUT2D eigenvalue weighted by Gasteiger charge is -2.14. The molecule has 0 spiro atoms. The molecule has 0 aliphatic heterocycles. The van der Waals surface area contributed by atoms with Gasteiger partial charge in [0.2, 0.25) is 0 Å². The van der Waals surface area contributed by atoms with Crippen molar-refractivity contribution in [1.29, 1.82) is 0 Å². The molecule has 122 valence electrons. The van der Waals surface area contributed by atoms with E-state index in [1.54, 1.807) is 0 Å². The number of aldehydes is 1. The van der Waals surface area contributed by atoms with E-state index >= 15 is 0 Å². The number of anilines is 1. The molecule has 0 heterocycles. The van der Waals surface area contributed by atoms with E-state index in [1.165, 1.54) is 50.6 Å². The largest absolute Gasteiger partial charge is 0.495 e. The van der Waals surface area contributed by atoms with Gasteiger partial charge in [0, 0.05) is 17.7 Å². The van der Waals surface area contributed by atoms with Crippen molar-refractivity contribution in [3.8, 4) is 11.5 Å². The monoisotopic (exact) mass is 355 g/mol. The van der Waals surface area contributed by atoms with Crippen molar-refractivity contribution in [1.82, 2.24) is 0 Å². The van der Waals surface area contributed by atoms with E-state index in [2.05, 4.69) is 4.72 Å². The van der Waals surface area contributed by atoms with Crippen molar-refractivity contribution in [3.05, 3.63) is 47.0 Å². The first-order valence-corrected chi connectivity index (χ1v) is 8.27. The third-order valence-electron chi connectivity index (χ3n) is 3.04. The SMILES string of the molecule is COc1cc(NS(=O)(=O)c2ccc(C=O)cc2)c(OC)cc1Cl. The van der Waals surface area contributed by atoms with E-state index in [1.807, 2.05) is 0 Å². The number of benzene rings is 2. The lowest BCUT2D eigenvalue weighted by Crippen LogP contribution is -2.13. The Morgan fingerprint density at radius 3 is 2.17 bits per heavy atom. The van der Waals surface area contributed by atoms with Crippen LogP contribution in [0.2, 0.25) is 5.02 Å². The van der Waals surface area contributed by atoms with Gasteiger partial charge in [-0.25, -0.2) is 8.42 Å². The maximum absolute atomic E-state index is 12.4. The standard InChI is InChI=1S/C15H14ClNO5S/c1-21-14-8-13(15(22-2)7-12(14)16)17-23(19,20)11-5-3-10(9-18)4-6-11/h3-9,17H,1-2H3. The number of halogens is 1. The highest BCUT2D eigenvalue weighted by Gasteiger charge is 2.18. The van der Waals surface area contributed by atoms with E-state index < -0.39 is 10.0 Å². The lowest BCUT2D eigenvalue weighted by molar-refractivity contribution is 0.112. The van der Waals surface area contributed by atoms with E-state index in [9.17, 15) is 13.2 Å². The zero-order chi connectivity index (χ0) is 17.0. The number of rotatable bonds is 6. The Balaban J connectivity index is 2.41. The zero-order valence-electron chi connectivity index (χ0n) is 12.4. The van der Waals surface area contributed by atoms with Gasteiger partial charge >= 0.3 is 0 Å². The minimum atomic E-state index is -3.85. The van der Waals surface area contributed by atoms with Crippen molar-refractivity contribution >= 4 is 33.6 Å². The van der Waals surface area contributed by atoms with E-state index in [0.717, 1.165) is 0 Å². The second-order valence-corrected chi connectivity index (χ2v) is 6.57. The van der Waals surface area contributed by atoms with Gasteiger partial charge in [-0.1, -0.05) is 23.7 Å². The second kappa shape index (κ2) is 6.89. The quantitative estimate of drug-likeness (QED) is 0.805. The molecule has 0 aliphatic rings. The zero-order valence-corrected chi connectivity index (χ0v) is 13.9. The van der Waals surface area contributed by atoms with Crippen molar-refractivity contribution in [2.24, 2.45) is 0 Å². The fraction of sp³-hybridized carbons (Fsp3) is 0.133. The predicted molar refractivity (Wildman–Crippen MR) is 87.2 cm³/mol. The van der Waals surface area contributed by atoms with Gasteiger partial charge in [-0.15, -0.1) is 0 Å². The highest BCUT2D eigenvalue weighted by atomic mass is 35.5. The summed E-state index contributed by atoms with van der Waals surface area (Å²) in [6.07, 6.45) is 0.636. The maximum atomic E-state index is 12.4. The highest BCUT2D eigenvalue weighted by molar-refractivity contribution is 7.92. The third-order valence-corrected chi connectivity index (χ3v) is 4.72. The second-order valence-electron chi connectivity index (χ2n) is 4.48. The van der Waals surface area contributed by atoms with Crippen LogP contribution in [-0.4, -0.2) is 28.9 Å². The number of carbonyl (C=O) groups excluding carboxylic acids is 1. The molecule has 0 aliphatic carbocycles. The molecule has 1 N–H and O–H groups in total. The third kappa shape index (κ3) is 3.75. The number of methoxy groups -OCH3 is 2. The van der Waals surface area contributed by atoms with Crippen molar-refractivity contribution in [2.75, 3.05) is 18.9 Å². The Labute approximate surface area is 139 Å². The molecular formula is C15H14ClNO5S. The van der Waals surface area contributed by atoms with Gasteiger partial charge in [0.25, 0.3) is 10.0 Å². The Morgan fingerprint density at radius 2 is 1.65 bits per heavy atom. The molecule has 8 heteroatoms. The van der Waals surface area contributed by atoms with Gasteiger partial charge in [0.15, 0.2) is 0 Å². The topological polar surface area (TPSA) is 81.7 Å². The first-order chi connectivity index (χ1) is 10.9. The lowest BCUT2D eigenvalue weighted by atomic mass is 10.2. The summed E-state index contributed by atoms with van der Waals surface area (Å²) >= 11 is 5.99. The predicted octanol–water partition coefficient (Wildman–Crippen LogP) is 2.97. The van der Waals surface area contributed by atoms with Crippen molar-refractivity contribution in [2.45, 2.75) is 4.90 Å². The summed E-state index contributed by atoms with van der Waals surface area (Å²) in [5.74, 6) is 0.561. The Hall–Kier alpha value is -2.25. The molecule has 2 aromatic rings. The number of ether oxygens (including phenoxy) is 2. The van der Waals surface area contributed by atoms with Gasteiger partial charge < -0.3 is 9.47 Å². The molecule has 0 unspecified atom stereocenters. The molecule has 0 radical (unpaired) electrons. The average molecular weight is 356 g/mol. The molecule has 0 fully saturated rings. The van der Waals surface area contributed by atoms with Gasteiger partial charge in [0.05, 0.1) is 29.8 Å². The van der Waals surface area contributed by atoms with E-state index in [0.29, 0.717) is 22.6 Å². The number of sulfonamides is 1. The van der Waals surface area contributed by atoms with Crippen LogP contribution in [0, 0.1) is 0 Å². The van der Waals surface area contributed by atoms with Crippen LogP contribution >= 0.6 is 11.6 Å². The molecule has 0 aromatic heterocycles. The minimum Gasteiger partial charge on any atom is -0.495 e. The van der Waals surface area contributed by atoms with Crippen LogP contribution in [0.4, 0.5) is 5.69 Å². The highest BCUT2D eigenvalue weighted by Crippen LogP contribution is 2.36. The van der Waals surface area contributed by atoms with Crippen LogP contribution in [0.5, 0.6) is 11.5 Å². The Bertz CT molecular complexity index is 819. The minimum absolute atomic E-state index is 0.0130. The van der Waals surface area contributed by atoms with Crippen LogP contribution in [-0.2, 0) is 10.0 Å². The molecule has 0 amide bonds. The van der Waals surface area contributed by atoms with Gasteiger partial charge in [-0.2, -0.15) is 0 Å². The summed E-state index contributed by atoms with van der Waals surface area (Å²) < 4.78 is 37.5. The summed E-state index contributed by atoms with van der Waals surface area (Å²) in [5, 5.41) is 0.294. The molecule has 2 aromatic carbocycles. The van der Waals surface area contributed by atoms with E-state index in [-0.39, 0.29) is 16.3 Å². The van der Waals surface area contributed by atoms with Crippen LogP contribution in [0.1, 0.15) is 10.4 Å². The molecule has 0 atom stereocenters. The number of nitrogens with one attached hydrogen (secondary N) is 1. The van der Waals surface area contributed by atoms with E-state index in [4.69, 9.17) is 21.1 Å². The summed E-state index contributed by atoms with van der Waals surface area (Å²) in [6, 6.07) is 8.39. The van der Waals surface area contributed by atoms with Gasteiger partial charge in [0.1, 0.15) is 17.8 Å². The van der Waals surface area contributed by atoms with Crippen molar-refractivity contribution < 1.29 is 22.7 Å². The normalized spacial score (nSPS) is 10.9. The average Bonchev–Trinajstić information content (AvgIpc) is 2.55. The van der Waals surface area contributed by atoms with Crippen LogP contribution in [0.3, 0.4) is 0 Å². The summed E-state index contributed by atoms with van der Waals surface area (Å²) in [7, 11) is -1.03. The fourth-order valence-electron chi connectivity index (χ4n) is 1.87. The summed E-state index contributed by atoms with van der Waals surface area (Å²) in [5.41, 5.74) is 0.572. The van der Waals surface area contributed by atoms with Crippen LogP contribution in [0.15, 0.2) is 41.3 Å². The molecular weight excluding hydrogens is 342 g/mol. The maximum Gasteiger partial charge on any atom is 0.262 e.